The number of aromatic nitrogens is 2. The van der Waals surface area contributed by atoms with Crippen LogP contribution >= 0.6 is 11.8 Å². The molecule has 4 rings (SSSR count). The van der Waals surface area contributed by atoms with E-state index in [1.807, 2.05) is 55.5 Å². The van der Waals surface area contributed by atoms with E-state index < -0.39 is 15.3 Å². The van der Waals surface area contributed by atoms with Gasteiger partial charge in [-0.2, -0.15) is 0 Å². The minimum Gasteiger partial charge on any atom is -0.494 e. The summed E-state index contributed by atoms with van der Waals surface area (Å²) in [5, 5.41) is 7.97. The average molecular weight is 483 g/mol. The number of sulfonamides is 1. The van der Waals surface area contributed by atoms with Gasteiger partial charge in [-0.3, -0.25) is 4.79 Å². The molecule has 0 aliphatic carbocycles. The highest BCUT2D eigenvalue weighted by Crippen LogP contribution is 2.36. The molecule has 170 valence electrons. The molecule has 0 aliphatic rings. The van der Waals surface area contributed by atoms with Crippen LogP contribution in [0.15, 0.2) is 82.8 Å². The number of amides is 1. The lowest BCUT2D eigenvalue weighted by molar-refractivity contribution is -0.115. The van der Waals surface area contributed by atoms with Gasteiger partial charge in [0, 0.05) is 11.8 Å². The lowest BCUT2D eigenvalue weighted by Gasteiger charge is -2.16. The maximum Gasteiger partial charge on any atom is 0.242 e. The molecule has 1 unspecified atom stereocenters. The number of primary sulfonamides is 1. The Morgan fingerprint density at radius 3 is 2.52 bits per heavy atom. The van der Waals surface area contributed by atoms with E-state index in [0.717, 1.165) is 22.3 Å². The van der Waals surface area contributed by atoms with Gasteiger partial charge >= 0.3 is 0 Å². The molecule has 0 saturated heterocycles. The Balaban J connectivity index is 1.59. The van der Waals surface area contributed by atoms with Gasteiger partial charge in [0.05, 0.1) is 22.5 Å². The largest absolute Gasteiger partial charge is 0.494 e. The van der Waals surface area contributed by atoms with E-state index in [4.69, 9.17) is 9.88 Å². The summed E-state index contributed by atoms with van der Waals surface area (Å²) in [5.41, 5.74) is 2.84. The van der Waals surface area contributed by atoms with Crippen LogP contribution in [0.25, 0.3) is 11.0 Å². The molecule has 1 atom stereocenters. The maximum absolute atomic E-state index is 13.2. The third-order valence-corrected chi connectivity index (χ3v) is 6.83. The second-order valence-corrected chi connectivity index (χ2v) is 9.78. The molecular formula is C23H22N4O4S2. The molecule has 1 aromatic heterocycles. The van der Waals surface area contributed by atoms with E-state index in [0.29, 0.717) is 17.5 Å². The lowest BCUT2D eigenvalue weighted by Crippen LogP contribution is -2.19. The summed E-state index contributed by atoms with van der Waals surface area (Å²) >= 11 is 1.29. The number of anilines is 1. The average Bonchev–Trinajstić information content (AvgIpc) is 3.20. The molecule has 4 N–H and O–H groups in total. The molecule has 1 heterocycles. The van der Waals surface area contributed by atoms with Crippen LogP contribution in [0.5, 0.6) is 5.75 Å². The number of nitrogens with zero attached hydrogens (tertiary/aromatic N) is 1. The molecule has 0 saturated carbocycles. The van der Waals surface area contributed by atoms with Gasteiger partial charge in [0.2, 0.25) is 15.9 Å². The number of thioether (sulfide) groups is 1. The minimum absolute atomic E-state index is 0.0248. The van der Waals surface area contributed by atoms with Crippen LogP contribution in [0.1, 0.15) is 17.7 Å². The van der Waals surface area contributed by atoms with Crippen molar-refractivity contribution in [2.45, 2.75) is 22.2 Å². The maximum atomic E-state index is 13.2. The summed E-state index contributed by atoms with van der Waals surface area (Å²) < 4.78 is 28.5. The SMILES string of the molecule is CCOc1ccc2nc(SC(C(=O)Nc3ccc(S(N)(=O)=O)cc3)c3ccccc3)[nH]c2c1. The summed E-state index contributed by atoms with van der Waals surface area (Å²) in [6.45, 7) is 2.49. The predicted molar refractivity (Wildman–Crippen MR) is 129 cm³/mol. The summed E-state index contributed by atoms with van der Waals surface area (Å²) in [7, 11) is -3.81. The van der Waals surface area contributed by atoms with E-state index in [9.17, 15) is 13.2 Å². The van der Waals surface area contributed by atoms with Crippen molar-refractivity contribution in [3.8, 4) is 5.75 Å². The van der Waals surface area contributed by atoms with E-state index in [-0.39, 0.29) is 10.8 Å². The zero-order valence-corrected chi connectivity index (χ0v) is 19.3. The Morgan fingerprint density at radius 2 is 1.85 bits per heavy atom. The number of nitrogens with one attached hydrogen (secondary N) is 2. The minimum atomic E-state index is -3.81. The number of benzene rings is 3. The molecule has 1 amide bonds. The van der Waals surface area contributed by atoms with Crippen molar-refractivity contribution in [2.75, 3.05) is 11.9 Å². The van der Waals surface area contributed by atoms with Gasteiger partial charge in [-0.25, -0.2) is 18.5 Å². The highest BCUT2D eigenvalue weighted by atomic mass is 32.2. The number of nitrogens with two attached hydrogens (primary N) is 1. The zero-order valence-electron chi connectivity index (χ0n) is 17.7. The highest BCUT2D eigenvalue weighted by Gasteiger charge is 2.24. The van der Waals surface area contributed by atoms with Crippen LogP contribution in [0, 0.1) is 0 Å². The molecule has 0 bridgehead atoms. The molecule has 0 aliphatic heterocycles. The van der Waals surface area contributed by atoms with Gasteiger partial charge in [-0.1, -0.05) is 42.1 Å². The Labute approximate surface area is 195 Å². The Bertz CT molecular complexity index is 1370. The first-order valence-corrected chi connectivity index (χ1v) is 12.5. The van der Waals surface area contributed by atoms with Crippen LogP contribution < -0.4 is 15.2 Å². The number of aromatic amines is 1. The van der Waals surface area contributed by atoms with Gasteiger partial charge in [-0.05, 0) is 48.9 Å². The van der Waals surface area contributed by atoms with E-state index in [2.05, 4.69) is 15.3 Å². The van der Waals surface area contributed by atoms with Crippen molar-refractivity contribution in [2.24, 2.45) is 5.14 Å². The molecule has 4 aromatic rings. The first-order chi connectivity index (χ1) is 15.8. The number of hydrogen-bond acceptors (Lipinski definition) is 6. The predicted octanol–water partition coefficient (Wildman–Crippen LogP) is 4.08. The highest BCUT2D eigenvalue weighted by molar-refractivity contribution is 8.00. The van der Waals surface area contributed by atoms with E-state index >= 15 is 0 Å². The van der Waals surface area contributed by atoms with Crippen molar-refractivity contribution in [1.29, 1.82) is 0 Å². The van der Waals surface area contributed by atoms with E-state index in [1.165, 1.54) is 36.0 Å². The summed E-state index contributed by atoms with van der Waals surface area (Å²) in [4.78, 5) is 21.0. The smallest absolute Gasteiger partial charge is 0.242 e. The molecule has 3 aromatic carbocycles. The van der Waals surface area contributed by atoms with Crippen molar-refractivity contribution in [1.82, 2.24) is 9.97 Å². The third-order valence-electron chi connectivity index (χ3n) is 4.76. The third kappa shape index (κ3) is 5.54. The normalized spacial score (nSPS) is 12.4. The molecule has 8 nitrogen and oxygen atoms in total. The van der Waals surface area contributed by atoms with Crippen molar-refractivity contribution in [3.63, 3.8) is 0 Å². The first-order valence-electron chi connectivity index (χ1n) is 10.1. The zero-order chi connectivity index (χ0) is 23.4. The first kappa shape index (κ1) is 22.8. The molecule has 33 heavy (non-hydrogen) atoms. The molecule has 0 spiro atoms. The fourth-order valence-electron chi connectivity index (χ4n) is 3.23. The molecule has 0 fully saturated rings. The van der Waals surface area contributed by atoms with Crippen LogP contribution in [-0.4, -0.2) is 30.9 Å². The van der Waals surface area contributed by atoms with Crippen LogP contribution in [0.3, 0.4) is 0 Å². The topological polar surface area (TPSA) is 127 Å². The molecular weight excluding hydrogens is 460 g/mol. The van der Waals surface area contributed by atoms with E-state index in [1.54, 1.807) is 0 Å². The molecule has 10 heteroatoms. The standard InChI is InChI=1S/C23H22N4O4S2/c1-2-31-17-10-13-19-20(14-17)27-23(26-19)32-21(15-6-4-3-5-7-15)22(28)25-16-8-11-18(12-9-16)33(24,29)30/h3-14,21H,2H2,1H3,(H,25,28)(H,26,27)(H2,24,29,30). The van der Waals surface area contributed by atoms with Gasteiger partial charge in [0.1, 0.15) is 11.0 Å². The van der Waals surface area contributed by atoms with Gasteiger partial charge in [0.25, 0.3) is 0 Å². The van der Waals surface area contributed by atoms with Crippen LogP contribution in [-0.2, 0) is 14.8 Å². The second-order valence-electron chi connectivity index (χ2n) is 7.12. The van der Waals surface area contributed by atoms with Crippen LogP contribution in [0.4, 0.5) is 5.69 Å². The summed E-state index contributed by atoms with van der Waals surface area (Å²) in [6.07, 6.45) is 0. The monoisotopic (exact) mass is 482 g/mol. The Hall–Kier alpha value is -3.34. The number of rotatable bonds is 8. The number of carbonyl (C=O) groups is 1. The van der Waals surface area contributed by atoms with Crippen molar-refractivity contribution >= 4 is 44.4 Å². The summed E-state index contributed by atoms with van der Waals surface area (Å²) in [5.74, 6) is 0.468. The fourth-order valence-corrected chi connectivity index (χ4v) is 4.74. The second kappa shape index (κ2) is 9.65. The van der Waals surface area contributed by atoms with Crippen molar-refractivity contribution in [3.05, 3.63) is 78.4 Å². The Kier molecular flexibility index (Phi) is 6.68. The fraction of sp³-hybridized carbons (Fsp3) is 0.130. The van der Waals surface area contributed by atoms with Crippen molar-refractivity contribution < 1.29 is 17.9 Å². The van der Waals surface area contributed by atoms with Gasteiger partial charge in [-0.15, -0.1) is 0 Å². The van der Waals surface area contributed by atoms with Gasteiger partial charge < -0.3 is 15.0 Å². The number of imidazole rings is 1. The number of fused-ring (bicyclic) bond motifs is 1. The molecule has 0 radical (unpaired) electrons. The van der Waals surface area contributed by atoms with Crippen LogP contribution in [0.2, 0.25) is 0 Å². The Morgan fingerprint density at radius 1 is 1.12 bits per heavy atom. The summed E-state index contributed by atoms with van der Waals surface area (Å²) in [6, 6.07) is 20.7. The lowest BCUT2D eigenvalue weighted by atomic mass is 10.1. The number of hydrogen-bond donors (Lipinski definition) is 3. The van der Waals surface area contributed by atoms with Gasteiger partial charge in [0.15, 0.2) is 5.16 Å². The number of carbonyl (C=O) groups excluding carboxylic acids is 1. The quantitative estimate of drug-likeness (QED) is 0.325. The number of H-pyrrole nitrogens is 1. The number of ether oxygens (including phenoxy) is 1.